The first-order valence-corrected chi connectivity index (χ1v) is 4.50. The molecule has 0 aliphatic rings. The molecule has 1 nitrogen and oxygen atoms in total. The van der Waals surface area contributed by atoms with E-state index in [0.29, 0.717) is 5.54 Å². The van der Waals surface area contributed by atoms with Gasteiger partial charge < -0.3 is 0 Å². The van der Waals surface area contributed by atoms with Gasteiger partial charge in [0.15, 0.2) is 0 Å². The van der Waals surface area contributed by atoms with Gasteiger partial charge in [0.05, 0.1) is 0 Å². The van der Waals surface area contributed by atoms with E-state index in [4.69, 9.17) is 0 Å². The molecule has 2 heteroatoms. The zero-order valence-electron chi connectivity index (χ0n) is 7.06. The molecule has 0 aliphatic heterocycles. The van der Waals surface area contributed by atoms with Crippen LogP contribution in [0.25, 0.3) is 0 Å². The molecule has 0 amide bonds. The zero-order chi connectivity index (χ0) is 7.49. The molecule has 0 heterocycles. The lowest BCUT2D eigenvalue weighted by atomic mass is 10.0. The number of hydrogen-bond acceptors (Lipinski definition) is 2. The molecular formula is C7H17NS. The lowest BCUT2D eigenvalue weighted by Gasteiger charge is -2.32. The third-order valence-corrected chi connectivity index (χ3v) is 3.03. The van der Waals surface area contributed by atoms with Gasteiger partial charge in [-0.25, -0.2) is 4.31 Å². The molecule has 0 saturated carbocycles. The highest BCUT2D eigenvalue weighted by Gasteiger charge is 2.19. The van der Waals surface area contributed by atoms with Crippen LogP contribution >= 0.6 is 11.9 Å². The Bertz CT molecular complexity index is 81.0. The van der Waals surface area contributed by atoms with Crippen molar-refractivity contribution in [3.05, 3.63) is 0 Å². The van der Waals surface area contributed by atoms with Crippen molar-refractivity contribution >= 4 is 11.9 Å². The second-order valence-corrected chi connectivity index (χ2v) is 3.76. The van der Waals surface area contributed by atoms with E-state index in [0.717, 1.165) is 0 Å². The SMILES string of the molecule is CCC(C)(C)N(C)SC. The van der Waals surface area contributed by atoms with Gasteiger partial charge in [-0.1, -0.05) is 18.9 Å². The minimum Gasteiger partial charge on any atom is -0.248 e. The van der Waals surface area contributed by atoms with Crippen molar-refractivity contribution in [2.45, 2.75) is 32.7 Å². The average molecular weight is 147 g/mol. The summed E-state index contributed by atoms with van der Waals surface area (Å²) in [5.41, 5.74) is 0.347. The van der Waals surface area contributed by atoms with Gasteiger partial charge in [0.2, 0.25) is 0 Å². The largest absolute Gasteiger partial charge is 0.248 e. The Balaban J connectivity index is 3.80. The molecule has 0 rings (SSSR count). The standard InChI is InChI=1S/C7H17NS/c1-6-7(2,3)8(4)9-5/h6H2,1-5H3. The second kappa shape index (κ2) is 3.47. The number of rotatable bonds is 3. The van der Waals surface area contributed by atoms with E-state index in [1.165, 1.54) is 6.42 Å². The molecule has 0 spiro atoms. The van der Waals surface area contributed by atoms with Crippen LogP contribution in [0.4, 0.5) is 0 Å². The Morgan fingerprint density at radius 2 is 1.89 bits per heavy atom. The maximum Gasteiger partial charge on any atom is 0.0251 e. The minimum atomic E-state index is 0.347. The second-order valence-electron chi connectivity index (χ2n) is 2.85. The third kappa shape index (κ3) is 2.59. The maximum atomic E-state index is 2.28. The maximum absolute atomic E-state index is 2.28. The van der Waals surface area contributed by atoms with Gasteiger partial charge in [-0.3, -0.25) is 0 Å². The molecule has 0 N–H and O–H groups in total. The average Bonchev–Trinajstić information content (AvgIpc) is 1.86. The van der Waals surface area contributed by atoms with Crippen molar-refractivity contribution in [1.29, 1.82) is 0 Å². The van der Waals surface area contributed by atoms with Gasteiger partial charge in [0.25, 0.3) is 0 Å². The van der Waals surface area contributed by atoms with E-state index < -0.39 is 0 Å². The summed E-state index contributed by atoms with van der Waals surface area (Å²) >= 11 is 1.79. The van der Waals surface area contributed by atoms with Crippen molar-refractivity contribution in [3.63, 3.8) is 0 Å². The molecular weight excluding hydrogens is 130 g/mol. The summed E-state index contributed by atoms with van der Waals surface area (Å²) in [6.45, 7) is 6.72. The predicted octanol–water partition coefficient (Wildman–Crippen LogP) is 2.38. The van der Waals surface area contributed by atoms with Crippen molar-refractivity contribution in [2.75, 3.05) is 13.3 Å². The molecule has 0 radical (unpaired) electrons. The minimum absolute atomic E-state index is 0.347. The highest BCUT2D eigenvalue weighted by Crippen LogP contribution is 2.21. The van der Waals surface area contributed by atoms with Crippen LogP contribution in [-0.4, -0.2) is 23.1 Å². The highest BCUT2D eigenvalue weighted by atomic mass is 32.2. The third-order valence-electron chi connectivity index (χ3n) is 1.99. The molecule has 0 aliphatic carbocycles. The van der Waals surface area contributed by atoms with Crippen LogP contribution in [0.2, 0.25) is 0 Å². The fourth-order valence-corrected chi connectivity index (χ4v) is 1.09. The Labute approximate surface area is 62.9 Å². The van der Waals surface area contributed by atoms with Crippen molar-refractivity contribution in [1.82, 2.24) is 4.31 Å². The number of nitrogens with zero attached hydrogens (tertiary/aromatic N) is 1. The summed E-state index contributed by atoms with van der Waals surface area (Å²) in [6, 6.07) is 0. The summed E-state index contributed by atoms with van der Waals surface area (Å²) < 4.78 is 2.28. The van der Waals surface area contributed by atoms with Gasteiger partial charge in [-0.2, -0.15) is 0 Å². The Morgan fingerprint density at radius 3 is 2.00 bits per heavy atom. The van der Waals surface area contributed by atoms with Gasteiger partial charge in [-0.05, 0) is 33.6 Å². The monoisotopic (exact) mass is 147 g/mol. The Morgan fingerprint density at radius 1 is 1.44 bits per heavy atom. The van der Waals surface area contributed by atoms with Crippen molar-refractivity contribution < 1.29 is 0 Å². The first-order valence-electron chi connectivity index (χ1n) is 3.32. The normalized spacial score (nSPS) is 12.7. The van der Waals surface area contributed by atoms with Crippen LogP contribution in [-0.2, 0) is 0 Å². The van der Waals surface area contributed by atoms with E-state index in [1.807, 2.05) is 0 Å². The molecule has 9 heavy (non-hydrogen) atoms. The molecule has 0 aromatic carbocycles. The summed E-state index contributed by atoms with van der Waals surface area (Å²) in [4.78, 5) is 0. The molecule has 0 aromatic rings. The van der Waals surface area contributed by atoms with Crippen LogP contribution in [0.15, 0.2) is 0 Å². The molecule has 0 bridgehead atoms. The van der Waals surface area contributed by atoms with Crippen LogP contribution in [0.3, 0.4) is 0 Å². The molecule has 0 atom stereocenters. The van der Waals surface area contributed by atoms with E-state index in [1.54, 1.807) is 11.9 Å². The van der Waals surface area contributed by atoms with Crippen molar-refractivity contribution in [2.24, 2.45) is 0 Å². The van der Waals surface area contributed by atoms with Gasteiger partial charge >= 0.3 is 0 Å². The van der Waals surface area contributed by atoms with E-state index in [9.17, 15) is 0 Å². The summed E-state index contributed by atoms with van der Waals surface area (Å²) in [6.07, 6.45) is 3.31. The van der Waals surface area contributed by atoms with Crippen LogP contribution in [0.1, 0.15) is 27.2 Å². The first kappa shape index (κ1) is 9.31. The zero-order valence-corrected chi connectivity index (χ0v) is 7.88. The van der Waals surface area contributed by atoms with Gasteiger partial charge in [-0.15, -0.1) is 0 Å². The lowest BCUT2D eigenvalue weighted by molar-refractivity contribution is 0.280. The van der Waals surface area contributed by atoms with E-state index >= 15 is 0 Å². The first-order chi connectivity index (χ1) is 4.04. The van der Waals surface area contributed by atoms with Crippen LogP contribution in [0.5, 0.6) is 0 Å². The smallest absolute Gasteiger partial charge is 0.0251 e. The predicted molar refractivity (Wildman–Crippen MR) is 45.6 cm³/mol. The van der Waals surface area contributed by atoms with E-state index in [-0.39, 0.29) is 0 Å². The molecule has 0 unspecified atom stereocenters. The highest BCUT2D eigenvalue weighted by molar-refractivity contribution is 7.96. The molecule has 56 valence electrons. The Hall–Kier alpha value is 0.310. The van der Waals surface area contributed by atoms with Crippen molar-refractivity contribution in [3.8, 4) is 0 Å². The summed E-state index contributed by atoms with van der Waals surface area (Å²) in [5.74, 6) is 0. The fraction of sp³-hybridized carbons (Fsp3) is 1.00. The molecule has 0 aromatic heterocycles. The quantitative estimate of drug-likeness (QED) is 0.564. The topological polar surface area (TPSA) is 3.24 Å². The number of hydrogen-bond donors (Lipinski definition) is 0. The molecule has 0 fully saturated rings. The summed E-state index contributed by atoms with van der Waals surface area (Å²) in [7, 11) is 2.13. The molecule has 0 saturated heterocycles. The van der Waals surface area contributed by atoms with Gasteiger partial charge in [0.1, 0.15) is 0 Å². The van der Waals surface area contributed by atoms with Crippen LogP contribution < -0.4 is 0 Å². The fourth-order valence-electron chi connectivity index (χ4n) is 0.470. The Kier molecular flexibility index (Phi) is 3.59. The van der Waals surface area contributed by atoms with Crippen LogP contribution in [0, 0.1) is 0 Å². The van der Waals surface area contributed by atoms with E-state index in [2.05, 4.69) is 38.4 Å². The lowest BCUT2D eigenvalue weighted by Crippen LogP contribution is -2.34. The van der Waals surface area contributed by atoms with Gasteiger partial charge in [0, 0.05) is 5.54 Å². The summed E-state index contributed by atoms with van der Waals surface area (Å²) in [5, 5.41) is 0.